The Bertz CT molecular complexity index is 431. The maximum atomic E-state index is 6.25. The third-order valence-corrected chi connectivity index (χ3v) is 7.64. The number of thioether (sulfide) groups is 2. The normalized spacial score (nSPS) is 24.2. The molecule has 1 aromatic heterocycles. The molecule has 0 aliphatic carbocycles. The van der Waals surface area contributed by atoms with E-state index in [9.17, 15) is 0 Å². The van der Waals surface area contributed by atoms with Crippen molar-refractivity contribution in [3.05, 3.63) is 20.2 Å². The molecular weight excluding hydrogens is 399 g/mol. The topological polar surface area (TPSA) is 25.8 Å². The fourth-order valence-electron chi connectivity index (χ4n) is 1.93. The quantitative estimate of drug-likeness (QED) is 0.533. The summed E-state index contributed by atoms with van der Waals surface area (Å²) < 4.78 is 1.01. The molecule has 0 radical (unpaired) electrons. The van der Waals surface area contributed by atoms with Crippen molar-refractivity contribution in [3.8, 4) is 0 Å². The van der Waals surface area contributed by atoms with Crippen LogP contribution in [0.25, 0.3) is 0 Å². The van der Waals surface area contributed by atoms with E-state index in [2.05, 4.69) is 41.4 Å². The van der Waals surface area contributed by atoms with E-state index < -0.39 is 0 Å². The summed E-state index contributed by atoms with van der Waals surface area (Å²) in [5.74, 6) is 3.33. The van der Waals surface area contributed by atoms with Crippen molar-refractivity contribution in [1.29, 1.82) is 0 Å². The molecule has 1 aliphatic rings. The van der Waals surface area contributed by atoms with Gasteiger partial charge >= 0.3 is 0 Å². The third-order valence-electron chi connectivity index (χ3n) is 2.83. The Balaban J connectivity index is 2.32. The van der Waals surface area contributed by atoms with Crippen LogP contribution < -0.4 is 0 Å². The number of aromatic nitrogens is 2. The van der Waals surface area contributed by atoms with Crippen LogP contribution in [0.1, 0.15) is 37.0 Å². The number of hydrogen-bond donors (Lipinski definition) is 0. The number of rotatable bonds is 3. The van der Waals surface area contributed by atoms with Crippen LogP contribution in [0.3, 0.4) is 0 Å². The van der Waals surface area contributed by atoms with Crippen LogP contribution in [0.4, 0.5) is 0 Å². The van der Waals surface area contributed by atoms with Crippen molar-refractivity contribution in [2.75, 3.05) is 11.5 Å². The molecule has 2 heterocycles. The molecule has 0 amide bonds. The lowest BCUT2D eigenvalue weighted by molar-refractivity contribution is 0.781. The van der Waals surface area contributed by atoms with E-state index in [0.29, 0.717) is 15.7 Å². The molecule has 1 aliphatic heterocycles. The van der Waals surface area contributed by atoms with Crippen molar-refractivity contribution in [3.63, 3.8) is 0 Å². The van der Waals surface area contributed by atoms with Gasteiger partial charge in [-0.05, 0) is 29.0 Å². The monoisotopic (exact) mass is 414 g/mol. The molecular formula is C12H16ClIN2S2. The predicted molar refractivity (Wildman–Crippen MR) is 90.9 cm³/mol. The number of aryl methyl sites for hydroxylation is 1. The van der Waals surface area contributed by atoms with E-state index in [1.165, 1.54) is 11.5 Å². The zero-order valence-corrected chi connectivity index (χ0v) is 15.0. The van der Waals surface area contributed by atoms with Crippen LogP contribution in [0, 0.1) is 3.57 Å². The Hall–Kier alpha value is 0.800. The Morgan fingerprint density at radius 1 is 1.33 bits per heavy atom. The van der Waals surface area contributed by atoms with Gasteiger partial charge in [0, 0.05) is 16.8 Å². The number of halogens is 2. The second kappa shape index (κ2) is 6.99. The largest absolute Gasteiger partial charge is 0.235 e. The maximum absolute atomic E-state index is 6.25. The lowest BCUT2D eigenvalue weighted by atomic mass is 10.2. The zero-order chi connectivity index (χ0) is 13.1. The first-order valence-electron chi connectivity index (χ1n) is 6.08. The van der Waals surface area contributed by atoms with Gasteiger partial charge in [-0.1, -0.05) is 31.9 Å². The van der Waals surface area contributed by atoms with Crippen LogP contribution in [-0.4, -0.2) is 26.7 Å². The second-order valence-electron chi connectivity index (χ2n) is 4.25. The molecule has 6 heteroatoms. The minimum atomic E-state index is 0.383. The van der Waals surface area contributed by atoms with Gasteiger partial charge in [-0.15, -0.1) is 11.8 Å². The summed E-state index contributed by atoms with van der Waals surface area (Å²) in [5, 5.41) is 1.57. The van der Waals surface area contributed by atoms with Crippen molar-refractivity contribution >= 4 is 57.7 Å². The summed E-state index contributed by atoms with van der Waals surface area (Å²) in [6, 6.07) is 0. The molecule has 2 unspecified atom stereocenters. The lowest BCUT2D eigenvalue weighted by Gasteiger charge is -2.27. The second-order valence-corrected chi connectivity index (χ2v) is 8.42. The lowest BCUT2D eigenvalue weighted by Crippen LogP contribution is -2.19. The van der Waals surface area contributed by atoms with E-state index in [1.54, 1.807) is 0 Å². The summed E-state index contributed by atoms with van der Waals surface area (Å²) in [4.78, 5) is 9.26. The predicted octanol–water partition coefficient (Wildman–Crippen LogP) is 4.60. The number of hydrogen-bond acceptors (Lipinski definition) is 4. The van der Waals surface area contributed by atoms with Gasteiger partial charge in [0.15, 0.2) is 0 Å². The first kappa shape index (κ1) is 15.2. The maximum Gasteiger partial charge on any atom is 0.146 e. The van der Waals surface area contributed by atoms with Gasteiger partial charge in [0.25, 0.3) is 0 Å². The summed E-state index contributed by atoms with van der Waals surface area (Å²) in [5.41, 5.74) is 1.11. The molecule has 100 valence electrons. The SMILES string of the molecule is CCCc1nc(C2SCCSC2C)nc(Cl)c1I. The van der Waals surface area contributed by atoms with Crippen molar-refractivity contribution in [2.45, 2.75) is 37.2 Å². The van der Waals surface area contributed by atoms with Crippen LogP contribution in [0.15, 0.2) is 0 Å². The van der Waals surface area contributed by atoms with Gasteiger partial charge in [-0.25, -0.2) is 9.97 Å². The summed E-state index contributed by atoms with van der Waals surface area (Å²) >= 11 is 12.5. The smallest absolute Gasteiger partial charge is 0.146 e. The summed E-state index contributed by atoms with van der Waals surface area (Å²) in [6.07, 6.45) is 2.07. The van der Waals surface area contributed by atoms with Crippen LogP contribution >= 0.6 is 57.7 Å². The van der Waals surface area contributed by atoms with Gasteiger partial charge in [0.1, 0.15) is 11.0 Å². The Morgan fingerprint density at radius 2 is 2.06 bits per heavy atom. The average molecular weight is 415 g/mol. The number of nitrogens with zero attached hydrogens (tertiary/aromatic N) is 2. The van der Waals surface area contributed by atoms with Crippen LogP contribution in [0.5, 0.6) is 0 Å². The highest BCUT2D eigenvalue weighted by Gasteiger charge is 2.27. The Kier molecular flexibility index (Phi) is 5.90. The summed E-state index contributed by atoms with van der Waals surface area (Å²) in [7, 11) is 0. The molecule has 0 saturated carbocycles. The van der Waals surface area contributed by atoms with Crippen molar-refractivity contribution < 1.29 is 0 Å². The molecule has 2 atom stereocenters. The van der Waals surface area contributed by atoms with Gasteiger partial charge in [-0.2, -0.15) is 11.8 Å². The minimum absolute atomic E-state index is 0.383. The van der Waals surface area contributed by atoms with Crippen LogP contribution in [0.2, 0.25) is 5.15 Å². The third kappa shape index (κ3) is 3.46. The molecule has 18 heavy (non-hydrogen) atoms. The zero-order valence-electron chi connectivity index (χ0n) is 10.4. The first-order chi connectivity index (χ1) is 8.63. The summed E-state index contributed by atoms with van der Waals surface area (Å²) in [6.45, 7) is 4.43. The van der Waals surface area contributed by atoms with Crippen molar-refractivity contribution in [2.24, 2.45) is 0 Å². The van der Waals surface area contributed by atoms with Gasteiger partial charge < -0.3 is 0 Å². The Labute approximate surface area is 136 Å². The minimum Gasteiger partial charge on any atom is -0.235 e. The van der Waals surface area contributed by atoms with Crippen molar-refractivity contribution in [1.82, 2.24) is 9.97 Å². The van der Waals surface area contributed by atoms with Gasteiger partial charge in [0.2, 0.25) is 0 Å². The fraction of sp³-hybridized carbons (Fsp3) is 0.667. The molecule has 2 nitrogen and oxygen atoms in total. The molecule has 1 aromatic rings. The van der Waals surface area contributed by atoms with Gasteiger partial charge in [-0.3, -0.25) is 0 Å². The standard InChI is InChI=1S/C12H16ClIN2S2/c1-3-4-8-9(14)11(13)16-12(15-8)10-7(2)17-5-6-18-10/h7,10H,3-6H2,1-2H3. The molecule has 0 bridgehead atoms. The van der Waals surface area contributed by atoms with Gasteiger partial charge in [0.05, 0.1) is 14.5 Å². The van der Waals surface area contributed by atoms with E-state index in [0.717, 1.165) is 27.9 Å². The highest BCUT2D eigenvalue weighted by molar-refractivity contribution is 14.1. The highest BCUT2D eigenvalue weighted by atomic mass is 127. The molecule has 2 rings (SSSR count). The van der Waals surface area contributed by atoms with E-state index in [-0.39, 0.29) is 0 Å². The van der Waals surface area contributed by atoms with E-state index >= 15 is 0 Å². The molecule has 0 aromatic carbocycles. The molecule has 1 fully saturated rings. The molecule has 0 spiro atoms. The highest BCUT2D eigenvalue weighted by Crippen LogP contribution is 2.41. The van der Waals surface area contributed by atoms with Crippen LogP contribution in [-0.2, 0) is 6.42 Å². The van der Waals surface area contributed by atoms with E-state index in [4.69, 9.17) is 16.6 Å². The molecule has 1 saturated heterocycles. The fourth-order valence-corrected chi connectivity index (χ4v) is 5.32. The average Bonchev–Trinajstić information content (AvgIpc) is 2.35. The Morgan fingerprint density at radius 3 is 2.72 bits per heavy atom. The van der Waals surface area contributed by atoms with E-state index in [1.807, 2.05) is 23.5 Å². The molecule has 0 N–H and O–H groups in total. The first-order valence-corrected chi connectivity index (χ1v) is 9.64.